The van der Waals surface area contributed by atoms with Gasteiger partial charge in [0.2, 0.25) is 5.91 Å². The Labute approximate surface area is 329 Å². The van der Waals surface area contributed by atoms with E-state index in [0.29, 0.717) is 37.5 Å². The molecule has 1 aliphatic heterocycles. The SMILES string of the molecule is CC.[B]c1cccc(CNc2nc(C)nc3cc(OCCCCCCCCCNc4cccc(NC=NC5CCC(=O)NC5=C)c4C(=C)C)c(C=C)cc23)c1. The van der Waals surface area contributed by atoms with Gasteiger partial charge in [0.05, 0.1) is 24.5 Å². The van der Waals surface area contributed by atoms with E-state index in [1.54, 1.807) is 6.34 Å². The van der Waals surface area contributed by atoms with Crippen LogP contribution in [0.15, 0.2) is 85.0 Å². The summed E-state index contributed by atoms with van der Waals surface area (Å²) in [4.78, 5) is 25.5. The van der Waals surface area contributed by atoms with E-state index in [1.807, 2.05) is 76.2 Å². The van der Waals surface area contributed by atoms with E-state index in [-0.39, 0.29) is 11.9 Å². The molecule has 2 heterocycles. The molecule has 4 aromatic rings. The number of aryl methyl sites for hydroxylation is 1. The summed E-state index contributed by atoms with van der Waals surface area (Å²) >= 11 is 0. The molecule has 0 saturated carbocycles. The summed E-state index contributed by atoms with van der Waals surface area (Å²) < 4.78 is 6.24. The smallest absolute Gasteiger partial charge is 0.224 e. The number of benzene rings is 3. The van der Waals surface area contributed by atoms with Crippen LogP contribution in [-0.2, 0) is 11.3 Å². The number of hydrogen-bond donors (Lipinski definition) is 4. The Kier molecular flexibility index (Phi) is 17.0. The fourth-order valence-corrected chi connectivity index (χ4v) is 6.52. The zero-order valence-electron chi connectivity index (χ0n) is 33.3. The lowest BCUT2D eigenvalue weighted by atomic mass is 9.94. The molecule has 10 heteroatoms. The van der Waals surface area contributed by atoms with Crippen molar-refractivity contribution in [2.45, 2.75) is 98.1 Å². The van der Waals surface area contributed by atoms with Gasteiger partial charge in [-0.05, 0) is 62.4 Å². The summed E-state index contributed by atoms with van der Waals surface area (Å²) in [6.07, 6.45) is 12.7. The third-order valence-electron chi connectivity index (χ3n) is 9.28. The average Bonchev–Trinajstić information content (AvgIpc) is 3.17. The molecule has 0 bridgehead atoms. The largest absolute Gasteiger partial charge is 0.493 e. The number of unbranched alkanes of at least 4 members (excludes halogenated alkanes) is 6. The van der Waals surface area contributed by atoms with Gasteiger partial charge in [0.15, 0.2) is 0 Å². The summed E-state index contributed by atoms with van der Waals surface area (Å²) in [5.74, 6) is 2.27. The third-order valence-corrected chi connectivity index (χ3v) is 9.28. The van der Waals surface area contributed by atoms with Crippen molar-refractivity contribution in [3.63, 3.8) is 0 Å². The standard InChI is InChI=1S/C43H52BN7O2.C2H6/c1-6-33-25-35-39(50-31(5)51-43(35)46-27-32-16-14-17-34(44)24-32)26-40(33)53-23-13-11-9-7-8-10-12-22-45-37-18-15-19-38(42(37)29(2)3)48-28-47-36-20-21-41(52)49-30(36)4;1-2/h6,14-19,24-26,28,36,45H,1-2,4,7-13,20-23,27H2,3,5H3,(H,47,48)(H,49,52)(H,46,50,51);1-2H3. The highest BCUT2D eigenvalue weighted by molar-refractivity contribution is 6.32. The van der Waals surface area contributed by atoms with Gasteiger partial charge in [0, 0.05) is 59.2 Å². The monoisotopic (exact) mass is 739 g/mol. The van der Waals surface area contributed by atoms with E-state index in [9.17, 15) is 4.79 Å². The maximum absolute atomic E-state index is 11.6. The number of aliphatic imine (C=N–C) groups is 1. The van der Waals surface area contributed by atoms with Crippen LogP contribution in [0.2, 0.25) is 0 Å². The fourth-order valence-electron chi connectivity index (χ4n) is 6.52. The first kappa shape index (κ1) is 42.4. The topological polar surface area (TPSA) is 113 Å². The second-order valence-electron chi connectivity index (χ2n) is 13.6. The number of carbonyl (C=O) groups excluding carboxylic acids is 1. The van der Waals surface area contributed by atoms with Gasteiger partial charge in [-0.3, -0.25) is 9.79 Å². The highest BCUT2D eigenvalue weighted by Crippen LogP contribution is 2.32. The lowest BCUT2D eigenvalue weighted by Crippen LogP contribution is -2.34. The lowest BCUT2D eigenvalue weighted by Gasteiger charge is -2.21. The van der Waals surface area contributed by atoms with E-state index < -0.39 is 0 Å². The molecule has 1 saturated heterocycles. The molecule has 1 aliphatic rings. The van der Waals surface area contributed by atoms with Crippen molar-refractivity contribution in [2.75, 3.05) is 29.1 Å². The van der Waals surface area contributed by atoms with Crippen LogP contribution in [0.3, 0.4) is 0 Å². The molecule has 1 atom stereocenters. The van der Waals surface area contributed by atoms with E-state index in [2.05, 4.69) is 68.1 Å². The summed E-state index contributed by atoms with van der Waals surface area (Å²) in [5.41, 5.74) is 8.26. The first-order valence-electron chi connectivity index (χ1n) is 19.7. The number of aromatic nitrogens is 2. The average molecular weight is 740 g/mol. The number of rotatable bonds is 20. The van der Waals surface area contributed by atoms with E-state index in [1.165, 1.54) is 25.7 Å². The number of piperidine rings is 1. The molecular formula is C45H58BN7O2. The number of anilines is 3. The molecule has 1 fully saturated rings. The number of nitrogens with zero attached hydrogens (tertiary/aromatic N) is 3. The normalized spacial score (nSPS) is 13.9. The van der Waals surface area contributed by atoms with Gasteiger partial charge in [-0.15, -0.1) is 0 Å². The molecule has 1 unspecified atom stereocenters. The number of nitrogens with one attached hydrogen (secondary N) is 4. The Bertz CT molecular complexity index is 1960. The van der Waals surface area contributed by atoms with Gasteiger partial charge in [-0.2, -0.15) is 0 Å². The van der Waals surface area contributed by atoms with Crippen LogP contribution in [0.1, 0.15) is 101 Å². The van der Waals surface area contributed by atoms with Crippen molar-refractivity contribution < 1.29 is 9.53 Å². The number of carbonyl (C=O) groups is 1. The molecular weight excluding hydrogens is 681 g/mol. The molecule has 0 aliphatic carbocycles. The molecule has 2 radical (unpaired) electrons. The van der Waals surface area contributed by atoms with E-state index in [0.717, 1.165) is 87.4 Å². The van der Waals surface area contributed by atoms with Crippen LogP contribution in [-0.4, -0.2) is 49.3 Å². The zero-order chi connectivity index (χ0) is 39.6. The van der Waals surface area contributed by atoms with Crippen LogP contribution in [0.5, 0.6) is 5.75 Å². The molecule has 4 N–H and O–H groups in total. The molecule has 288 valence electrons. The summed E-state index contributed by atoms with van der Waals surface area (Å²) in [6, 6.07) is 17.9. The Hall–Kier alpha value is -5.38. The van der Waals surface area contributed by atoms with Crippen molar-refractivity contribution in [1.82, 2.24) is 15.3 Å². The minimum Gasteiger partial charge on any atom is -0.493 e. The van der Waals surface area contributed by atoms with E-state index in [4.69, 9.17) is 12.6 Å². The van der Waals surface area contributed by atoms with Crippen LogP contribution >= 0.6 is 0 Å². The van der Waals surface area contributed by atoms with Crippen LogP contribution in [0.4, 0.5) is 17.2 Å². The Morgan fingerprint density at radius 3 is 2.45 bits per heavy atom. The van der Waals surface area contributed by atoms with Gasteiger partial charge in [0.25, 0.3) is 0 Å². The maximum Gasteiger partial charge on any atom is 0.224 e. The highest BCUT2D eigenvalue weighted by Gasteiger charge is 2.20. The van der Waals surface area contributed by atoms with Crippen molar-refractivity contribution in [1.29, 1.82) is 0 Å². The minimum atomic E-state index is -0.116. The summed E-state index contributed by atoms with van der Waals surface area (Å²) in [5, 5.41) is 14.1. The number of ether oxygens (including phenoxy) is 1. The molecule has 55 heavy (non-hydrogen) atoms. The maximum atomic E-state index is 11.6. The number of allylic oxidation sites excluding steroid dienone is 1. The van der Waals surface area contributed by atoms with Crippen LogP contribution in [0, 0.1) is 6.92 Å². The molecule has 9 nitrogen and oxygen atoms in total. The molecule has 0 spiro atoms. The Balaban J connectivity index is 0.00000331. The molecule has 1 aromatic heterocycles. The second kappa shape index (κ2) is 22.1. The lowest BCUT2D eigenvalue weighted by molar-refractivity contribution is -0.121. The van der Waals surface area contributed by atoms with Crippen molar-refractivity contribution in [3.8, 4) is 5.75 Å². The van der Waals surface area contributed by atoms with Gasteiger partial charge in [0.1, 0.15) is 25.2 Å². The second-order valence-corrected chi connectivity index (χ2v) is 13.6. The fraction of sp³-hybridized carbons (Fsp3) is 0.378. The predicted octanol–water partition coefficient (Wildman–Crippen LogP) is 9.50. The first-order chi connectivity index (χ1) is 26.7. The minimum absolute atomic E-state index is 0.00146. The van der Waals surface area contributed by atoms with Gasteiger partial charge < -0.3 is 26.0 Å². The third kappa shape index (κ3) is 12.9. The summed E-state index contributed by atoms with van der Waals surface area (Å²) in [7, 11) is 5.96. The Morgan fingerprint density at radius 1 is 1.00 bits per heavy atom. The predicted molar refractivity (Wildman–Crippen MR) is 235 cm³/mol. The van der Waals surface area contributed by atoms with Crippen molar-refractivity contribution in [2.24, 2.45) is 4.99 Å². The van der Waals surface area contributed by atoms with Crippen molar-refractivity contribution in [3.05, 3.63) is 103 Å². The zero-order valence-corrected chi connectivity index (χ0v) is 33.3. The molecule has 1 amide bonds. The van der Waals surface area contributed by atoms with Crippen LogP contribution in [0.25, 0.3) is 22.6 Å². The molecule has 5 rings (SSSR count). The summed E-state index contributed by atoms with van der Waals surface area (Å²) in [6.45, 7) is 22.3. The Morgan fingerprint density at radius 2 is 1.73 bits per heavy atom. The van der Waals surface area contributed by atoms with Gasteiger partial charge >= 0.3 is 0 Å². The van der Waals surface area contributed by atoms with Crippen LogP contribution < -0.4 is 31.5 Å². The van der Waals surface area contributed by atoms with Gasteiger partial charge in [-0.1, -0.05) is 108 Å². The van der Waals surface area contributed by atoms with E-state index >= 15 is 0 Å². The quantitative estimate of drug-likeness (QED) is 0.0309. The highest BCUT2D eigenvalue weighted by atomic mass is 16.5. The number of hydrogen-bond acceptors (Lipinski definition) is 7. The van der Waals surface area contributed by atoms with Crippen molar-refractivity contribution >= 4 is 65.3 Å². The number of amides is 1. The first-order valence-corrected chi connectivity index (χ1v) is 19.7. The van der Waals surface area contributed by atoms with Gasteiger partial charge in [-0.25, -0.2) is 9.97 Å². The number of fused-ring (bicyclic) bond motifs is 1. The molecule has 3 aromatic carbocycles.